The third-order valence-electron chi connectivity index (χ3n) is 3.73. The Hall–Kier alpha value is -1.04. The number of hydrogen-bond donors (Lipinski definition) is 1. The summed E-state index contributed by atoms with van der Waals surface area (Å²) >= 11 is 3.53. The second-order valence-corrected chi connectivity index (χ2v) is 7.31. The molecule has 2 unspecified atom stereocenters. The van der Waals surface area contributed by atoms with E-state index in [4.69, 9.17) is 4.74 Å². The maximum atomic E-state index is 10.0. The Balaban J connectivity index is 1.63. The average molecular weight is 305 g/mol. The van der Waals surface area contributed by atoms with Gasteiger partial charge in [-0.3, -0.25) is 0 Å². The van der Waals surface area contributed by atoms with E-state index in [9.17, 15) is 5.11 Å². The van der Waals surface area contributed by atoms with Gasteiger partial charge in [0.25, 0.3) is 0 Å². The monoisotopic (exact) mass is 305 g/mol. The topological polar surface area (TPSA) is 42.4 Å². The van der Waals surface area contributed by atoms with Crippen LogP contribution in [0.2, 0.25) is 0 Å². The summed E-state index contributed by atoms with van der Waals surface area (Å²) in [6.07, 6.45) is 2.56. The smallest absolute Gasteiger partial charge is 0.159 e. The predicted molar refractivity (Wildman–Crippen MR) is 80.5 cm³/mol. The minimum atomic E-state index is -0.382. The number of thiazole rings is 1. The van der Waals surface area contributed by atoms with E-state index in [-0.39, 0.29) is 12.2 Å². The lowest BCUT2D eigenvalue weighted by atomic mass is 10.0. The molecule has 1 aliphatic heterocycles. The number of aryl methyl sites for hydroxylation is 1. The van der Waals surface area contributed by atoms with Crippen molar-refractivity contribution in [2.45, 2.75) is 36.4 Å². The zero-order valence-corrected chi connectivity index (χ0v) is 12.5. The van der Waals surface area contributed by atoms with Crippen molar-refractivity contribution < 1.29 is 9.84 Å². The van der Waals surface area contributed by atoms with E-state index in [0.29, 0.717) is 0 Å². The van der Waals surface area contributed by atoms with Gasteiger partial charge < -0.3 is 9.84 Å². The van der Waals surface area contributed by atoms with Gasteiger partial charge in [0.2, 0.25) is 0 Å². The summed E-state index contributed by atoms with van der Waals surface area (Å²) in [7, 11) is 0. The average Bonchev–Trinajstić information content (AvgIpc) is 2.92. The Morgan fingerprint density at radius 2 is 2.20 bits per heavy atom. The molecule has 0 radical (unpaired) electrons. The molecule has 0 spiro atoms. The molecule has 0 bridgehead atoms. The Morgan fingerprint density at radius 3 is 3.10 bits per heavy atom. The van der Waals surface area contributed by atoms with E-state index in [2.05, 4.69) is 11.1 Å². The van der Waals surface area contributed by atoms with Crippen LogP contribution < -0.4 is 4.74 Å². The van der Waals surface area contributed by atoms with Crippen molar-refractivity contribution >= 4 is 23.1 Å². The molecule has 1 aromatic carbocycles. The molecule has 104 valence electrons. The van der Waals surface area contributed by atoms with Gasteiger partial charge in [0.1, 0.15) is 10.8 Å². The second kappa shape index (κ2) is 5.06. The molecule has 20 heavy (non-hydrogen) atoms. The summed E-state index contributed by atoms with van der Waals surface area (Å²) in [5.74, 6) is 1.84. The van der Waals surface area contributed by atoms with Gasteiger partial charge in [0.15, 0.2) is 6.10 Å². The molecule has 0 saturated heterocycles. The molecule has 2 aromatic rings. The molecule has 2 heterocycles. The van der Waals surface area contributed by atoms with Gasteiger partial charge in [-0.25, -0.2) is 4.98 Å². The summed E-state index contributed by atoms with van der Waals surface area (Å²) < 4.78 is 6.08. The van der Waals surface area contributed by atoms with Crippen LogP contribution in [0.25, 0.3) is 0 Å². The van der Waals surface area contributed by atoms with E-state index in [1.165, 1.54) is 9.77 Å². The number of rotatable bonds is 1. The van der Waals surface area contributed by atoms with Gasteiger partial charge in [-0.1, -0.05) is 12.1 Å². The van der Waals surface area contributed by atoms with E-state index < -0.39 is 0 Å². The minimum Gasteiger partial charge on any atom is -0.481 e. The number of aliphatic hydroxyl groups is 1. The highest BCUT2D eigenvalue weighted by molar-refractivity contribution is 7.99. The van der Waals surface area contributed by atoms with Gasteiger partial charge in [0, 0.05) is 15.5 Å². The zero-order chi connectivity index (χ0) is 13.5. The summed E-state index contributed by atoms with van der Waals surface area (Å²) in [6.45, 7) is 0. The van der Waals surface area contributed by atoms with Crippen molar-refractivity contribution in [2.24, 2.45) is 0 Å². The lowest BCUT2D eigenvalue weighted by molar-refractivity contribution is 0.152. The van der Waals surface area contributed by atoms with Crippen LogP contribution in [0.3, 0.4) is 0 Å². The first-order chi connectivity index (χ1) is 9.81. The predicted octanol–water partition coefficient (Wildman–Crippen LogP) is 3.74. The highest BCUT2D eigenvalue weighted by atomic mass is 32.2. The Labute approximate surface area is 126 Å². The highest BCUT2D eigenvalue weighted by Gasteiger charge is 2.29. The van der Waals surface area contributed by atoms with Crippen LogP contribution in [0, 0.1) is 0 Å². The van der Waals surface area contributed by atoms with Crippen LogP contribution >= 0.6 is 23.1 Å². The number of aromatic nitrogens is 1. The van der Waals surface area contributed by atoms with E-state index in [0.717, 1.165) is 41.5 Å². The number of thioether (sulfide) groups is 1. The highest BCUT2D eigenvalue weighted by Crippen LogP contribution is 2.43. The Morgan fingerprint density at radius 1 is 1.30 bits per heavy atom. The fourth-order valence-electron chi connectivity index (χ4n) is 2.69. The maximum Gasteiger partial charge on any atom is 0.159 e. The minimum absolute atomic E-state index is 0.0118. The van der Waals surface area contributed by atoms with Crippen molar-refractivity contribution in [1.29, 1.82) is 0 Å². The molecule has 4 rings (SSSR count). The van der Waals surface area contributed by atoms with E-state index in [1.54, 1.807) is 11.3 Å². The molecule has 1 N–H and O–H groups in total. The molecule has 0 fully saturated rings. The molecular formula is C15H15NO2S2. The van der Waals surface area contributed by atoms with Crippen LogP contribution in [0.15, 0.2) is 29.2 Å². The lowest BCUT2D eigenvalue weighted by Gasteiger charge is -2.23. The molecule has 0 amide bonds. The lowest BCUT2D eigenvalue weighted by Crippen LogP contribution is -2.15. The molecule has 1 aliphatic carbocycles. The fourth-order valence-corrected chi connectivity index (χ4v) is 4.98. The van der Waals surface area contributed by atoms with Gasteiger partial charge in [0.05, 0.1) is 11.8 Å². The van der Waals surface area contributed by atoms with Crippen molar-refractivity contribution in [3.8, 4) is 5.75 Å². The molecule has 2 aliphatic rings. The van der Waals surface area contributed by atoms with Crippen molar-refractivity contribution in [2.75, 3.05) is 5.75 Å². The van der Waals surface area contributed by atoms with Crippen LogP contribution in [-0.2, 0) is 6.42 Å². The van der Waals surface area contributed by atoms with Crippen LogP contribution in [0.5, 0.6) is 5.75 Å². The van der Waals surface area contributed by atoms with Crippen LogP contribution in [0.1, 0.15) is 40.6 Å². The first-order valence-corrected chi connectivity index (χ1v) is 8.67. The number of fused-ring (bicyclic) bond motifs is 2. The van der Waals surface area contributed by atoms with Crippen LogP contribution in [0.4, 0.5) is 0 Å². The first kappa shape index (κ1) is 12.7. The van der Waals surface area contributed by atoms with Crippen molar-refractivity contribution in [1.82, 2.24) is 4.98 Å². The molecule has 2 atom stereocenters. The molecular weight excluding hydrogens is 290 g/mol. The Kier molecular flexibility index (Phi) is 3.21. The molecule has 3 nitrogen and oxygen atoms in total. The number of nitrogens with zero attached hydrogens (tertiary/aromatic N) is 1. The summed E-state index contributed by atoms with van der Waals surface area (Å²) in [5.41, 5.74) is 0.892. The summed E-state index contributed by atoms with van der Waals surface area (Å²) in [5, 5.41) is 11.0. The third kappa shape index (κ3) is 2.14. The number of para-hydroxylation sites is 1. The SMILES string of the molecule is OC1CCCc2sc(C3CSc4ccccc4O3)nc21. The van der Waals surface area contributed by atoms with Gasteiger partial charge in [-0.15, -0.1) is 23.1 Å². The normalized spacial score (nSPS) is 24.6. The first-order valence-electron chi connectivity index (χ1n) is 6.87. The molecule has 5 heteroatoms. The summed E-state index contributed by atoms with van der Waals surface area (Å²) in [6, 6.07) is 8.14. The second-order valence-electron chi connectivity index (χ2n) is 5.13. The quantitative estimate of drug-likeness (QED) is 0.871. The number of benzene rings is 1. The number of hydrogen-bond acceptors (Lipinski definition) is 5. The van der Waals surface area contributed by atoms with Crippen molar-refractivity contribution in [3.63, 3.8) is 0 Å². The summed E-state index contributed by atoms with van der Waals surface area (Å²) in [4.78, 5) is 7.10. The van der Waals surface area contributed by atoms with E-state index in [1.807, 2.05) is 30.0 Å². The van der Waals surface area contributed by atoms with Gasteiger partial charge in [-0.2, -0.15) is 0 Å². The Bertz CT molecular complexity index is 641. The number of aliphatic hydroxyl groups excluding tert-OH is 1. The zero-order valence-electron chi connectivity index (χ0n) is 10.9. The third-order valence-corrected chi connectivity index (χ3v) is 6.07. The fraction of sp³-hybridized carbons (Fsp3) is 0.400. The largest absolute Gasteiger partial charge is 0.481 e. The molecule has 1 aromatic heterocycles. The maximum absolute atomic E-state index is 10.0. The molecule has 0 saturated carbocycles. The standard InChI is InChI=1S/C15H15NO2S2/c17-9-4-3-7-13-14(9)16-15(20-13)11-8-19-12-6-2-1-5-10(12)18-11/h1-2,5-6,9,11,17H,3-4,7-8H2. The van der Waals surface area contributed by atoms with Crippen LogP contribution in [-0.4, -0.2) is 15.8 Å². The van der Waals surface area contributed by atoms with E-state index >= 15 is 0 Å². The van der Waals surface area contributed by atoms with Gasteiger partial charge in [-0.05, 0) is 31.4 Å². The van der Waals surface area contributed by atoms with Crippen molar-refractivity contribution in [3.05, 3.63) is 39.8 Å². The van der Waals surface area contributed by atoms with Gasteiger partial charge >= 0.3 is 0 Å². The number of ether oxygens (including phenoxy) is 1.